The second kappa shape index (κ2) is 8.38. The molecule has 2 heterocycles. The van der Waals surface area contributed by atoms with Crippen molar-refractivity contribution < 1.29 is 14.2 Å². The highest BCUT2D eigenvalue weighted by Crippen LogP contribution is 2.33. The topological polar surface area (TPSA) is 48.8 Å². The molecule has 1 aliphatic heterocycles. The van der Waals surface area contributed by atoms with E-state index in [1.54, 1.807) is 7.11 Å². The molecule has 0 amide bonds. The van der Waals surface area contributed by atoms with Gasteiger partial charge in [0.05, 0.1) is 18.8 Å². The minimum Gasteiger partial charge on any atom is -0.454 e. The van der Waals surface area contributed by atoms with E-state index < -0.39 is 0 Å². The van der Waals surface area contributed by atoms with Gasteiger partial charge in [-0.05, 0) is 31.5 Å². The molecule has 6 heteroatoms. The van der Waals surface area contributed by atoms with E-state index in [2.05, 4.69) is 48.8 Å². The Labute approximate surface area is 155 Å². The molecule has 2 aromatic rings. The molecular weight excluding hydrogens is 330 g/mol. The molecule has 1 aromatic carbocycles. The Kier molecular flexibility index (Phi) is 5.96. The first-order valence-corrected chi connectivity index (χ1v) is 8.86. The lowest BCUT2D eigenvalue weighted by Gasteiger charge is -2.28. The number of methoxy groups -OCH3 is 1. The predicted octanol–water partition coefficient (Wildman–Crippen LogP) is 3.14. The van der Waals surface area contributed by atoms with Gasteiger partial charge in [0.2, 0.25) is 6.79 Å². The van der Waals surface area contributed by atoms with Crippen LogP contribution in [-0.4, -0.2) is 41.2 Å². The van der Waals surface area contributed by atoms with E-state index in [0.717, 1.165) is 36.8 Å². The lowest BCUT2D eigenvalue weighted by Crippen LogP contribution is -2.35. The number of rotatable bonds is 9. The first-order chi connectivity index (χ1) is 12.6. The van der Waals surface area contributed by atoms with E-state index in [0.29, 0.717) is 13.4 Å². The first-order valence-electron chi connectivity index (χ1n) is 8.86. The van der Waals surface area contributed by atoms with Gasteiger partial charge in [-0.1, -0.05) is 12.1 Å². The van der Waals surface area contributed by atoms with Gasteiger partial charge in [-0.25, -0.2) is 0 Å². The van der Waals surface area contributed by atoms with Crippen LogP contribution in [0.4, 0.5) is 0 Å². The summed E-state index contributed by atoms with van der Waals surface area (Å²) in [7, 11) is 1.74. The summed E-state index contributed by atoms with van der Waals surface area (Å²) in [6.45, 7) is 11.3. The zero-order valence-electron chi connectivity index (χ0n) is 15.8. The molecule has 3 rings (SSSR count). The fourth-order valence-corrected chi connectivity index (χ4v) is 3.15. The van der Waals surface area contributed by atoms with Crippen LogP contribution in [0.2, 0.25) is 0 Å². The third kappa shape index (κ3) is 4.26. The fraction of sp³-hybridized carbons (Fsp3) is 0.450. The van der Waals surface area contributed by atoms with Gasteiger partial charge >= 0.3 is 0 Å². The summed E-state index contributed by atoms with van der Waals surface area (Å²) in [5.41, 5.74) is 3.45. The van der Waals surface area contributed by atoms with Gasteiger partial charge in [-0.15, -0.1) is 6.58 Å². The first kappa shape index (κ1) is 18.5. The van der Waals surface area contributed by atoms with Crippen molar-refractivity contribution in [2.24, 2.45) is 0 Å². The summed E-state index contributed by atoms with van der Waals surface area (Å²) in [6, 6.07) is 6.40. The maximum absolute atomic E-state index is 5.51. The molecule has 140 valence electrons. The SMILES string of the molecule is C=CCn1cc(CN(Cc2ccc3c(c2)OCO3)C(C)COC)c(C)n1. The molecule has 1 unspecified atom stereocenters. The highest BCUT2D eigenvalue weighted by Gasteiger charge is 2.19. The average Bonchev–Trinajstić information content (AvgIpc) is 3.21. The monoisotopic (exact) mass is 357 g/mol. The van der Waals surface area contributed by atoms with E-state index >= 15 is 0 Å². The predicted molar refractivity (Wildman–Crippen MR) is 100 cm³/mol. The maximum atomic E-state index is 5.51. The summed E-state index contributed by atoms with van der Waals surface area (Å²) in [4.78, 5) is 2.39. The van der Waals surface area contributed by atoms with E-state index in [9.17, 15) is 0 Å². The number of fused-ring (bicyclic) bond motifs is 1. The van der Waals surface area contributed by atoms with Crippen molar-refractivity contribution in [2.75, 3.05) is 20.5 Å². The molecule has 0 fully saturated rings. The van der Waals surface area contributed by atoms with Gasteiger partial charge in [0.1, 0.15) is 0 Å². The largest absolute Gasteiger partial charge is 0.454 e. The standard InChI is InChI=1S/C20H27N3O3/c1-5-8-23-12-18(16(3)21-23)11-22(15(2)13-24-4)10-17-6-7-19-20(9-17)26-14-25-19/h5-7,9,12,15H,1,8,10-11,13-14H2,2-4H3. The maximum Gasteiger partial charge on any atom is 0.231 e. The van der Waals surface area contributed by atoms with Crippen molar-refractivity contribution in [1.29, 1.82) is 0 Å². The summed E-state index contributed by atoms with van der Waals surface area (Å²) in [5, 5.41) is 4.56. The number of allylic oxidation sites excluding steroid dienone is 1. The van der Waals surface area contributed by atoms with Gasteiger partial charge < -0.3 is 14.2 Å². The third-order valence-corrected chi connectivity index (χ3v) is 4.59. The van der Waals surface area contributed by atoms with Crippen LogP contribution in [0.3, 0.4) is 0 Å². The van der Waals surface area contributed by atoms with E-state index in [-0.39, 0.29) is 6.04 Å². The van der Waals surface area contributed by atoms with Crippen LogP contribution in [-0.2, 0) is 24.4 Å². The van der Waals surface area contributed by atoms with E-state index in [4.69, 9.17) is 14.2 Å². The van der Waals surface area contributed by atoms with Crippen LogP contribution >= 0.6 is 0 Å². The molecule has 1 atom stereocenters. The molecule has 0 spiro atoms. The number of ether oxygens (including phenoxy) is 3. The van der Waals surface area contributed by atoms with E-state index in [1.165, 1.54) is 11.1 Å². The van der Waals surface area contributed by atoms with Crippen molar-refractivity contribution in [3.05, 3.63) is 53.9 Å². The lowest BCUT2D eigenvalue weighted by atomic mass is 10.1. The van der Waals surface area contributed by atoms with Gasteiger partial charge in [-0.3, -0.25) is 9.58 Å². The summed E-state index contributed by atoms with van der Waals surface area (Å²) in [5.74, 6) is 1.63. The molecule has 0 radical (unpaired) electrons. The quantitative estimate of drug-likeness (QED) is 0.645. The molecule has 0 bridgehead atoms. The Bertz CT molecular complexity index is 757. The fourth-order valence-electron chi connectivity index (χ4n) is 3.15. The Hall–Kier alpha value is -2.31. The number of aryl methyl sites for hydroxylation is 1. The van der Waals surface area contributed by atoms with Crippen molar-refractivity contribution in [3.8, 4) is 11.5 Å². The molecule has 0 aliphatic carbocycles. The van der Waals surface area contributed by atoms with Crippen LogP contribution < -0.4 is 9.47 Å². The number of hydrogen-bond acceptors (Lipinski definition) is 5. The highest BCUT2D eigenvalue weighted by atomic mass is 16.7. The summed E-state index contributed by atoms with van der Waals surface area (Å²) < 4.78 is 18.2. The van der Waals surface area contributed by atoms with Crippen LogP contribution in [0.15, 0.2) is 37.1 Å². The second-order valence-corrected chi connectivity index (χ2v) is 6.65. The van der Waals surface area contributed by atoms with Gasteiger partial charge in [-0.2, -0.15) is 5.10 Å². The van der Waals surface area contributed by atoms with Crippen molar-refractivity contribution in [3.63, 3.8) is 0 Å². The Morgan fingerprint density at radius 1 is 1.35 bits per heavy atom. The summed E-state index contributed by atoms with van der Waals surface area (Å²) >= 11 is 0. The number of hydrogen-bond donors (Lipinski definition) is 0. The second-order valence-electron chi connectivity index (χ2n) is 6.65. The van der Waals surface area contributed by atoms with Gasteiger partial charge in [0.25, 0.3) is 0 Å². The normalized spacial score (nSPS) is 14.0. The lowest BCUT2D eigenvalue weighted by molar-refractivity contribution is 0.0893. The Morgan fingerprint density at radius 2 is 2.15 bits per heavy atom. The molecule has 26 heavy (non-hydrogen) atoms. The van der Waals surface area contributed by atoms with Crippen LogP contribution in [0.5, 0.6) is 11.5 Å². The smallest absolute Gasteiger partial charge is 0.231 e. The summed E-state index contributed by atoms with van der Waals surface area (Å²) in [6.07, 6.45) is 3.96. The molecular formula is C20H27N3O3. The Morgan fingerprint density at radius 3 is 2.92 bits per heavy atom. The molecule has 6 nitrogen and oxygen atoms in total. The molecule has 0 saturated carbocycles. The number of aromatic nitrogens is 2. The number of nitrogens with zero attached hydrogens (tertiary/aromatic N) is 3. The molecule has 1 aromatic heterocycles. The zero-order valence-corrected chi connectivity index (χ0v) is 15.8. The molecule has 1 aliphatic rings. The third-order valence-electron chi connectivity index (χ3n) is 4.59. The average molecular weight is 357 g/mol. The van der Waals surface area contributed by atoms with Gasteiger partial charge in [0, 0.05) is 38.0 Å². The van der Waals surface area contributed by atoms with Crippen molar-refractivity contribution in [2.45, 2.75) is 39.5 Å². The van der Waals surface area contributed by atoms with Gasteiger partial charge in [0.15, 0.2) is 11.5 Å². The van der Waals surface area contributed by atoms with Crippen LogP contribution in [0.25, 0.3) is 0 Å². The molecule has 0 saturated heterocycles. The van der Waals surface area contributed by atoms with E-state index in [1.807, 2.05) is 16.8 Å². The number of benzene rings is 1. The minimum absolute atomic E-state index is 0.271. The van der Waals surface area contributed by atoms with Crippen LogP contribution in [0.1, 0.15) is 23.7 Å². The molecule has 0 N–H and O–H groups in total. The zero-order chi connectivity index (χ0) is 18.5. The highest BCUT2D eigenvalue weighted by molar-refractivity contribution is 5.44. The minimum atomic E-state index is 0.271. The Balaban J connectivity index is 1.77. The van der Waals surface area contributed by atoms with Crippen molar-refractivity contribution in [1.82, 2.24) is 14.7 Å². The van der Waals surface area contributed by atoms with Crippen LogP contribution in [0, 0.1) is 6.92 Å². The van der Waals surface area contributed by atoms with Crippen molar-refractivity contribution >= 4 is 0 Å².